The minimum Gasteiger partial charge on any atom is -0.419 e. The van der Waals surface area contributed by atoms with Gasteiger partial charge in [0.1, 0.15) is 0 Å². The fraction of sp³-hybridized carbons (Fsp3) is 0.278. The maximum absolute atomic E-state index is 11.7. The van der Waals surface area contributed by atoms with Gasteiger partial charge in [-0.25, -0.2) is 18.5 Å². The average molecular weight is 450 g/mol. The van der Waals surface area contributed by atoms with E-state index < -0.39 is 10.0 Å². The molecule has 0 saturated carbocycles. The third-order valence-electron chi connectivity index (χ3n) is 4.26. The highest BCUT2D eigenvalue weighted by Gasteiger charge is 2.21. The fourth-order valence-corrected chi connectivity index (χ4v) is 5.06. The lowest BCUT2D eigenvalue weighted by molar-refractivity contribution is 0.509. The van der Waals surface area contributed by atoms with Crippen LogP contribution in [0.25, 0.3) is 21.8 Å². The van der Waals surface area contributed by atoms with Crippen LogP contribution in [0.5, 0.6) is 0 Å². The molecule has 1 aromatic carbocycles. The molecular weight excluding hydrogens is 430 g/mol. The summed E-state index contributed by atoms with van der Waals surface area (Å²) in [6, 6.07) is 8.63. The number of nitrogens with zero attached hydrogens (tertiary/aromatic N) is 4. The smallest absolute Gasteiger partial charge is 0.257 e. The average Bonchev–Trinajstić information content (AvgIpc) is 3.41. The van der Waals surface area contributed by atoms with Gasteiger partial charge in [-0.05, 0) is 43.0 Å². The predicted octanol–water partition coefficient (Wildman–Crippen LogP) is 4.06. The van der Waals surface area contributed by atoms with Crippen molar-refractivity contribution in [3.63, 3.8) is 0 Å². The van der Waals surface area contributed by atoms with E-state index in [0.717, 1.165) is 28.5 Å². The van der Waals surface area contributed by atoms with Crippen molar-refractivity contribution in [2.75, 3.05) is 0 Å². The van der Waals surface area contributed by atoms with Gasteiger partial charge >= 0.3 is 0 Å². The highest BCUT2D eigenvalue weighted by atomic mass is 32.2. The van der Waals surface area contributed by atoms with Gasteiger partial charge in [-0.2, -0.15) is 0 Å². The molecule has 0 radical (unpaired) electrons. The van der Waals surface area contributed by atoms with Crippen molar-refractivity contribution in [3.8, 4) is 10.8 Å². The minimum atomic E-state index is -3.78. The van der Waals surface area contributed by atoms with Gasteiger partial charge in [-0.15, -0.1) is 21.5 Å². The van der Waals surface area contributed by atoms with E-state index in [0.29, 0.717) is 17.3 Å². The van der Waals surface area contributed by atoms with E-state index in [1.165, 1.54) is 23.9 Å². The van der Waals surface area contributed by atoms with Gasteiger partial charge in [0, 0.05) is 6.54 Å². The second-order valence-corrected chi connectivity index (χ2v) is 10.2. The van der Waals surface area contributed by atoms with Gasteiger partial charge in [0.05, 0.1) is 26.1 Å². The third-order valence-corrected chi connectivity index (χ3v) is 7.11. The molecule has 0 fully saturated rings. The molecular formula is C18H19N5O3S3. The summed E-state index contributed by atoms with van der Waals surface area (Å²) in [5, 5.41) is 16.2. The largest absolute Gasteiger partial charge is 0.419 e. The molecule has 0 spiro atoms. The number of aromatic nitrogens is 4. The van der Waals surface area contributed by atoms with Gasteiger partial charge in [-0.3, -0.25) is 0 Å². The second-order valence-electron chi connectivity index (χ2n) is 6.42. The van der Waals surface area contributed by atoms with Gasteiger partial charge < -0.3 is 8.98 Å². The number of hydrogen-bond acceptors (Lipinski definition) is 8. The number of aryl methyl sites for hydroxylation is 1. The standard InChI is InChI=1S/C18H19N5O3S3/c1-3-8-23-14-7-6-12(29(19,24)25)10-13(14)20-18(23)28-11(2)16-21-22-17(26-16)15-5-4-9-27-15/h4-7,9-11H,3,8H2,1-2H3,(H2,19,24,25). The van der Waals surface area contributed by atoms with Crippen LogP contribution >= 0.6 is 23.1 Å². The number of rotatable bonds is 7. The number of thiophene rings is 1. The summed E-state index contributed by atoms with van der Waals surface area (Å²) < 4.78 is 31.2. The van der Waals surface area contributed by atoms with Gasteiger partial charge in [0.15, 0.2) is 5.16 Å². The van der Waals surface area contributed by atoms with E-state index >= 15 is 0 Å². The number of primary sulfonamides is 1. The van der Waals surface area contributed by atoms with Crippen LogP contribution in [0.4, 0.5) is 0 Å². The zero-order valence-corrected chi connectivity index (χ0v) is 18.2. The van der Waals surface area contributed by atoms with E-state index in [2.05, 4.69) is 26.7 Å². The summed E-state index contributed by atoms with van der Waals surface area (Å²) in [5.41, 5.74) is 1.45. The summed E-state index contributed by atoms with van der Waals surface area (Å²) in [6.07, 6.45) is 0.910. The quantitative estimate of drug-likeness (QED) is 0.423. The zero-order chi connectivity index (χ0) is 20.6. The van der Waals surface area contributed by atoms with E-state index in [4.69, 9.17) is 9.56 Å². The Kier molecular flexibility index (Phi) is 5.47. The van der Waals surface area contributed by atoms with Crippen molar-refractivity contribution in [1.29, 1.82) is 0 Å². The van der Waals surface area contributed by atoms with Gasteiger partial charge in [0.25, 0.3) is 5.89 Å². The van der Waals surface area contributed by atoms with Crippen molar-refractivity contribution in [3.05, 3.63) is 41.6 Å². The summed E-state index contributed by atoms with van der Waals surface area (Å²) in [6.45, 7) is 4.81. The van der Waals surface area contributed by atoms with Gasteiger partial charge in [-0.1, -0.05) is 24.8 Å². The number of benzene rings is 1. The molecule has 4 aromatic rings. The molecule has 2 N–H and O–H groups in total. The van der Waals surface area contributed by atoms with Crippen molar-refractivity contribution in [2.45, 2.75) is 42.1 Å². The lowest BCUT2D eigenvalue weighted by Crippen LogP contribution is -2.11. The Hall–Kier alpha value is -2.21. The molecule has 3 heterocycles. The van der Waals surface area contributed by atoms with E-state index in [-0.39, 0.29) is 10.1 Å². The molecule has 0 aliphatic rings. The molecule has 1 unspecified atom stereocenters. The molecule has 0 aliphatic heterocycles. The maximum Gasteiger partial charge on any atom is 0.257 e. The Morgan fingerprint density at radius 2 is 2.14 bits per heavy atom. The molecule has 29 heavy (non-hydrogen) atoms. The minimum absolute atomic E-state index is 0.0493. The predicted molar refractivity (Wildman–Crippen MR) is 113 cm³/mol. The Balaban J connectivity index is 1.66. The van der Waals surface area contributed by atoms with Gasteiger partial charge in [0.2, 0.25) is 15.9 Å². The summed E-state index contributed by atoms with van der Waals surface area (Å²) in [5.74, 6) is 1.01. The van der Waals surface area contributed by atoms with Crippen LogP contribution in [-0.2, 0) is 16.6 Å². The second kappa shape index (κ2) is 7.90. The van der Waals surface area contributed by atoms with Crippen LogP contribution in [0.15, 0.2) is 50.2 Å². The fourth-order valence-electron chi connectivity index (χ4n) is 2.90. The van der Waals surface area contributed by atoms with Crippen LogP contribution in [0.1, 0.15) is 31.4 Å². The maximum atomic E-state index is 11.7. The molecule has 0 bridgehead atoms. The Morgan fingerprint density at radius 3 is 2.83 bits per heavy atom. The Labute approximate surface area is 176 Å². The van der Waals surface area contributed by atoms with Crippen LogP contribution in [0.3, 0.4) is 0 Å². The van der Waals surface area contributed by atoms with Crippen LogP contribution < -0.4 is 5.14 Å². The van der Waals surface area contributed by atoms with E-state index in [1.807, 2.05) is 24.4 Å². The van der Waals surface area contributed by atoms with Crippen LogP contribution in [-0.4, -0.2) is 28.2 Å². The van der Waals surface area contributed by atoms with Crippen molar-refractivity contribution >= 4 is 44.2 Å². The zero-order valence-electron chi connectivity index (χ0n) is 15.8. The molecule has 0 amide bonds. The highest BCUT2D eigenvalue weighted by molar-refractivity contribution is 7.99. The van der Waals surface area contributed by atoms with Crippen LogP contribution in [0, 0.1) is 0 Å². The highest BCUT2D eigenvalue weighted by Crippen LogP contribution is 2.37. The lowest BCUT2D eigenvalue weighted by Gasteiger charge is -2.10. The number of hydrogen-bond donors (Lipinski definition) is 1. The summed E-state index contributed by atoms with van der Waals surface area (Å²) in [7, 11) is -3.78. The first kappa shape index (κ1) is 20.1. The molecule has 8 nitrogen and oxygen atoms in total. The lowest BCUT2D eigenvalue weighted by atomic mass is 10.3. The Bertz CT molecular complexity index is 1250. The first-order valence-corrected chi connectivity index (χ1v) is 12.2. The molecule has 1 atom stereocenters. The number of fused-ring (bicyclic) bond motifs is 1. The number of nitrogens with two attached hydrogens (primary N) is 1. The molecule has 11 heteroatoms. The molecule has 3 aromatic heterocycles. The van der Waals surface area contributed by atoms with E-state index in [9.17, 15) is 8.42 Å². The number of sulfonamides is 1. The third kappa shape index (κ3) is 4.08. The van der Waals surface area contributed by atoms with Crippen LogP contribution in [0.2, 0.25) is 0 Å². The van der Waals surface area contributed by atoms with Crippen molar-refractivity contribution in [2.24, 2.45) is 5.14 Å². The van der Waals surface area contributed by atoms with E-state index in [1.54, 1.807) is 17.4 Å². The molecule has 4 rings (SSSR count). The molecule has 0 saturated heterocycles. The number of thioether (sulfide) groups is 1. The topological polar surface area (TPSA) is 117 Å². The first-order valence-electron chi connectivity index (χ1n) is 8.94. The first-order chi connectivity index (χ1) is 13.9. The monoisotopic (exact) mass is 449 g/mol. The summed E-state index contributed by atoms with van der Waals surface area (Å²) in [4.78, 5) is 5.62. The SMILES string of the molecule is CCCn1c(SC(C)c2nnc(-c3cccs3)o2)nc2cc(S(N)(=O)=O)ccc21. The summed E-state index contributed by atoms with van der Waals surface area (Å²) >= 11 is 3.03. The van der Waals surface area contributed by atoms with Crippen molar-refractivity contribution < 1.29 is 12.8 Å². The Morgan fingerprint density at radius 1 is 1.31 bits per heavy atom. The van der Waals surface area contributed by atoms with Crippen molar-refractivity contribution in [1.82, 2.24) is 19.7 Å². The normalized spacial score (nSPS) is 13.2. The molecule has 152 valence electrons. The molecule has 0 aliphatic carbocycles. The number of imidazole rings is 1.